The second kappa shape index (κ2) is 3.95. The SMILES string of the molecule is CC(F)c1ccc2c(n1)N1[C@@H](CNC[C@H]1C)C2. The molecule has 92 valence electrons. The summed E-state index contributed by atoms with van der Waals surface area (Å²) in [5.74, 6) is 1.01. The molecule has 1 aromatic heterocycles. The van der Waals surface area contributed by atoms with E-state index >= 15 is 0 Å². The van der Waals surface area contributed by atoms with Crippen LogP contribution in [-0.2, 0) is 6.42 Å². The van der Waals surface area contributed by atoms with Crippen LogP contribution in [-0.4, -0.2) is 30.2 Å². The average Bonchev–Trinajstić information content (AvgIpc) is 2.67. The second-order valence-corrected chi connectivity index (χ2v) is 5.11. The van der Waals surface area contributed by atoms with Gasteiger partial charge in [0.1, 0.15) is 12.0 Å². The number of pyridine rings is 1. The van der Waals surface area contributed by atoms with E-state index < -0.39 is 6.17 Å². The first-order chi connectivity index (χ1) is 8.16. The lowest BCUT2D eigenvalue weighted by atomic mass is 10.1. The van der Waals surface area contributed by atoms with Crippen molar-refractivity contribution in [1.82, 2.24) is 10.3 Å². The summed E-state index contributed by atoms with van der Waals surface area (Å²) in [5, 5.41) is 3.43. The summed E-state index contributed by atoms with van der Waals surface area (Å²) >= 11 is 0. The van der Waals surface area contributed by atoms with Gasteiger partial charge in [0.15, 0.2) is 0 Å². The maximum atomic E-state index is 13.3. The Balaban J connectivity index is 2.00. The third-order valence-corrected chi connectivity index (χ3v) is 3.77. The summed E-state index contributed by atoms with van der Waals surface area (Å²) in [6.07, 6.45) is 0.0400. The van der Waals surface area contributed by atoms with Crippen molar-refractivity contribution in [1.29, 1.82) is 0 Å². The first-order valence-electron chi connectivity index (χ1n) is 6.29. The Hall–Kier alpha value is -1.16. The minimum atomic E-state index is -0.988. The van der Waals surface area contributed by atoms with Crippen LogP contribution in [0.1, 0.15) is 31.3 Å². The largest absolute Gasteiger partial charge is 0.348 e. The van der Waals surface area contributed by atoms with Crippen LogP contribution in [0.2, 0.25) is 0 Å². The number of anilines is 1. The van der Waals surface area contributed by atoms with Crippen molar-refractivity contribution in [2.75, 3.05) is 18.0 Å². The van der Waals surface area contributed by atoms with Gasteiger partial charge >= 0.3 is 0 Å². The van der Waals surface area contributed by atoms with Crippen LogP contribution in [0.15, 0.2) is 12.1 Å². The fraction of sp³-hybridized carbons (Fsp3) is 0.615. The van der Waals surface area contributed by atoms with E-state index in [0.717, 1.165) is 25.3 Å². The van der Waals surface area contributed by atoms with Crippen molar-refractivity contribution in [2.45, 2.75) is 38.5 Å². The fourth-order valence-corrected chi connectivity index (χ4v) is 2.92. The third-order valence-electron chi connectivity index (χ3n) is 3.77. The van der Waals surface area contributed by atoms with Crippen LogP contribution < -0.4 is 10.2 Å². The zero-order valence-corrected chi connectivity index (χ0v) is 10.3. The number of hydrogen-bond donors (Lipinski definition) is 1. The summed E-state index contributed by atoms with van der Waals surface area (Å²) in [5.41, 5.74) is 1.81. The Morgan fingerprint density at radius 1 is 1.47 bits per heavy atom. The van der Waals surface area contributed by atoms with Crippen LogP contribution in [0.4, 0.5) is 10.2 Å². The molecule has 1 saturated heterocycles. The molecule has 0 saturated carbocycles. The summed E-state index contributed by atoms with van der Waals surface area (Å²) < 4.78 is 13.3. The van der Waals surface area contributed by atoms with Crippen molar-refractivity contribution >= 4 is 5.82 Å². The molecule has 0 bridgehead atoms. The van der Waals surface area contributed by atoms with Gasteiger partial charge in [-0.1, -0.05) is 6.07 Å². The van der Waals surface area contributed by atoms with Gasteiger partial charge < -0.3 is 10.2 Å². The number of piperazine rings is 1. The molecular formula is C13H18FN3. The molecule has 3 rings (SSSR count). The summed E-state index contributed by atoms with van der Waals surface area (Å²) in [7, 11) is 0. The Labute approximate surface area is 101 Å². The first kappa shape index (κ1) is 11.0. The lowest BCUT2D eigenvalue weighted by Gasteiger charge is -2.37. The molecule has 1 unspecified atom stereocenters. The van der Waals surface area contributed by atoms with Crippen LogP contribution in [0, 0.1) is 0 Å². The quantitative estimate of drug-likeness (QED) is 0.805. The van der Waals surface area contributed by atoms with Crippen molar-refractivity contribution in [3.63, 3.8) is 0 Å². The summed E-state index contributed by atoms with van der Waals surface area (Å²) in [6.45, 7) is 5.72. The van der Waals surface area contributed by atoms with Crippen molar-refractivity contribution in [2.24, 2.45) is 0 Å². The minimum Gasteiger partial charge on any atom is -0.348 e. The smallest absolute Gasteiger partial charge is 0.139 e. The highest BCUT2D eigenvalue weighted by atomic mass is 19.1. The second-order valence-electron chi connectivity index (χ2n) is 5.11. The van der Waals surface area contributed by atoms with E-state index in [0.29, 0.717) is 17.8 Å². The first-order valence-corrected chi connectivity index (χ1v) is 6.29. The molecule has 0 aromatic carbocycles. The zero-order valence-electron chi connectivity index (χ0n) is 10.3. The molecule has 3 heterocycles. The Kier molecular flexibility index (Phi) is 2.54. The molecule has 1 fully saturated rings. The van der Waals surface area contributed by atoms with Crippen LogP contribution in [0.5, 0.6) is 0 Å². The standard InChI is InChI=1S/C13H18FN3/c1-8-6-15-7-11-5-10-3-4-12(9(2)14)16-13(10)17(8)11/h3-4,8-9,11,15H,5-7H2,1-2H3/t8-,9?,11-/m1/s1. The van der Waals surface area contributed by atoms with Crippen LogP contribution in [0.3, 0.4) is 0 Å². The molecule has 1 N–H and O–H groups in total. The van der Waals surface area contributed by atoms with E-state index in [4.69, 9.17) is 0 Å². The molecule has 4 heteroatoms. The lowest BCUT2D eigenvalue weighted by molar-refractivity contribution is 0.365. The highest BCUT2D eigenvalue weighted by Crippen LogP contribution is 2.34. The van der Waals surface area contributed by atoms with Crippen LogP contribution >= 0.6 is 0 Å². The Bertz CT molecular complexity index is 433. The summed E-state index contributed by atoms with van der Waals surface area (Å²) in [4.78, 5) is 6.87. The number of nitrogens with zero attached hydrogens (tertiary/aromatic N) is 2. The van der Waals surface area contributed by atoms with Crippen LogP contribution in [0.25, 0.3) is 0 Å². The highest BCUT2D eigenvalue weighted by molar-refractivity contribution is 5.56. The van der Waals surface area contributed by atoms with Gasteiger partial charge in [-0.15, -0.1) is 0 Å². The van der Waals surface area contributed by atoms with Crippen molar-refractivity contribution in [3.8, 4) is 0 Å². The van der Waals surface area contributed by atoms with Crippen molar-refractivity contribution in [3.05, 3.63) is 23.4 Å². The van der Waals surface area contributed by atoms with Gasteiger partial charge in [0, 0.05) is 25.2 Å². The van der Waals surface area contributed by atoms with Gasteiger partial charge in [-0.05, 0) is 31.9 Å². The molecule has 0 aliphatic carbocycles. The topological polar surface area (TPSA) is 28.2 Å². The predicted molar refractivity (Wildman–Crippen MR) is 66.1 cm³/mol. The maximum Gasteiger partial charge on any atom is 0.139 e. The van der Waals surface area contributed by atoms with Gasteiger partial charge in [-0.2, -0.15) is 0 Å². The number of halogens is 1. The van der Waals surface area contributed by atoms with Gasteiger partial charge in [-0.3, -0.25) is 0 Å². The van der Waals surface area contributed by atoms with Gasteiger partial charge in [0.05, 0.1) is 5.69 Å². The summed E-state index contributed by atoms with van der Waals surface area (Å²) in [6, 6.07) is 4.79. The number of aromatic nitrogens is 1. The van der Waals surface area contributed by atoms with E-state index in [1.165, 1.54) is 5.56 Å². The maximum absolute atomic E-state index is 13.3. The highest BCUT2D eigenvalue weighted by Gasteiger charge is 2.36. The fourth-order valence-electron chi connectivity index (χ4n) is 2.92. The van der Waals surface area contributed by atoms with E-state index in [-0.39, 0.29) is 0 Å². The Morgan fingerprint density at radius 3 is 3.06 bits per heavy atom. The predicted octanol–water partition coefficient (Wildman–Crippen LogP) is 1.83. The number of hydrogen-bond acceptors (Lipinski definition) is 3. The lowest BCUT2D eigenvalue weighted by Crippen LogP contribution is -2.55. The normalized spacial score (nSPS) is 28.8. The number of fused-ring (bicyclic) bond motifs is 3. The molecule has 0 radical (unpaired) electrons. The molecule has 17 heavy (non-hydrogen) atoms. The monoisotopic (exact) mass is 235 g/mol. The molecule has 0 spiro atoms. The Morgan fingerprint density at radius 2 is 2.29 bits per heavy atom. The van der Waals surface area contributed by atoms with Crippen molar-refractivity contribution < 1.29 is 4.39 Å². The van der Waals surface area contributed by atoms with E-state index in [1.807, 2.05) is 12.1 Å². The average molecular weight is 235 g/mol. The molecule has 1 aromatic rings. The van der Waals surface area contributed by atoms with E-state index in [2.05, 4.69) is 22.1 Å². The molecule has 2 aliphatic heterocycles. The minimum absolute atomic E-state index is 0.438. The number of alkyl halides is 1. The number of nitrogens with one attached hydrogen (secondary N) is 1. The molecule has 2 aliphatic rings. The van der Waals surface area contributed by atoms with Gasteiger partial charge in [0.2, 0.25) is 0 Å². The molecule has 3 nitrogen and oxygen atoms in total. The molecule has 0 amide bonds. The zero-order chi connectivity index (χ0) is 12.0. The van der Waals surface area contributed by atoms with E-state index in [9.17, 15) is 4.39 Å². The van der Waals surface area contributed by atoms with Gasteiger partial charge in [-0.25, -0.2) is 9.37 Å². The van der Waals surface area contributed by atoms with Gasteiger partial charge in [0.25, 0.3) is 0 Å². The molecular weight excluding hydrogens is 217 g/mol. The van der Waals surface area contributed by atoms with E-state index in [1.54, 1.807) is 6.92 Å². The molecule has 3 atom stereocenters. The number of rotatable bonds is 1. The third kappa shape index (κ3) is 1.71.